The van der Waals surface area contributed by atoms with Gasteiger partial charge in [0.15, 0.2) is 0 Å². The third kappa shape index (κ3) is 2.92. The van der Waals surface area contributed by atoms with Crippen LogP contribution < -0.4 is 0 Å². The van der Waals surface area contributed by atoms with E-state index in [2.05, 4.69) is 24.3 Å². The van der Waals surface area contributed by atoms with Crippen LogP contribution in [0.5, 0.6) is 0 Å². The molecule has 28 heavy (non-hydrogen) atoms. The van der Waals surface area contributed by atoms with Gasteiger partial charge in [0, 0.05) is 11.8 Å². The van der Waals surface area contributed by atoms with Gasteiger partial charge < -0.3 is 9.47 Å². The smallest absolute Gasteiger partial charge is 0.311 e. The molecule has 0 spiro atoms. The van der Waals surface area contributed by atoms with Crippen LogP contribution in [0.25, 0.3) is 0 Å². The Balaban J connectivity index is 1.91. The summed E-state index contributed by atoms with van der Waals surface area (Å²) >= 11 is 0. The van der Waals surface area contributed by atoms with Gasteiger partial charge in [-0.25, -0.2) is 0 Å². The Hall–Kier alpha value is -2.62. The molecule has 0 saturated carbocycles. The van der Waals surface area contributed by atoms with Crippen LogP contribution in [0.1, 0.15) is 61.8 Å². The molecule has 0 fully saturated rings. The lowest BCUT2D eigenvalue weighted by molar-refractivity contribution is -0.167. The third-order valence-electron chi connectivity index (χ3n) is 5.69. The predicted molar refractivity (Wildman–Crippen MR) is 106 cm³/mol. The van der Waals surface area contributed by atoms with Gasteiger partial charge in [-0.15, -0.1) is 0 Å². The maximum Gasteiger partial charge on any atom is 0.311 e. The summed E-state index contributed by atoms with van der Waals surface area (Å²) in [5.74, 6) is -2.20. The monoisotopic (exact) mass is 378 g/mol. The molecule has 5 rings (SSSR count). The topological polar surface area (TPSA) is 52.6 Å². The lowest BCUT2D eigenvalue weighted by Crippen LogP contribution is -2.48. The van der Waals surface area contributed by atoms with Crippen LogP contribution in [0.4, 0.5) is 0 Å². The van der Waals surface area contributed by atoms with Crippen molar-refractivity contribution in [1.29, 1.82) is 0 Å². The molecular formula is C24H26O4. The SMILES string of the molecule is CC(C)OC(=O)[C@@H]1C2c3ccccc3C(c3ccccc32)[C@H]1C(=O)OC(C)C. The summed E-state index contributed by atoms with van der Waals surface area (Å²) in [7, 11) is 0. The number of rotatable bonds is 4. The van der Waals surface area contributed by atoms with Crippen molar-refractivity contribution in [2.24, 2.45) is 11.8 Å². The van der Waals surface area contributed by atoms with Crippen molar-refractivity contribution in [3.8, 4) is 0 Å². The highest BCUT2D eigenvalue weighted by Crippen LogP contribution is 2.58. The van der Waals surface area contributed by atoms with Crippen LogP contribution in [0.3, 0.4) is 0 Å². The van der Waals surface area contributed by atoms with E-state index in [0.717, 1.165) is 22.3 Å². The number of benzene rings is 2. The van der Waals surface area contributed by atoms with E-state index in [9.17, 15) is 9.59 Å². The van der Waals surface area contributed by atoms with E-state index in [1.54, 1.807) is 0 Å². The molecule has 0 radical (unpaired) electrons. The highest BCUT2D eigenvalue weighted by molar-refractivity contribution is 5.88. The first kappa shape index (κ1) is 18.7. The van der Waals surface area contributed by atoms with Crippen LogP contribution in [-0.4, -0.2) is 24.1 Å². The molecule has 2 aromatic rings. The zero-order chi connectivity index (χ0) is 20.0. The summed E-state index contributed by atoms with van der Waals surface area (Å²) in [5, 5.41) is 0. The number of hydrogen-bond donors (Lipinski definition) is 0. The minimum absolute atomic E-state index is 0.201. The Bertz CT molecular complexity index is 793. The van der Waals surface area contributed by atoms with Crippen molar-refractivity contribution in [3.63, 3.8) is 0 Å². The van der Waals surface area contributed by atoms with Gasteiger partial charge in [0.05, 0.1) is 24.0 Å². The molecule has 0 aromatic heterocycles. The van der Waals surface area contributed by atoms with Crippen LogP contribution in [0, 0.1) is 11.8 Å². The van der Waals surface area contributed by atoms with Gasteiger partial charge in [-0.3, -0.25) is 9.59 Å². The lowest BCUT2D eigenvalue weighted by Gasteiger charge is -2.48. The zero-order valence-corrected chi connectivity index (χ0v) is 16.7. The van der Waals surface area contributed by atoms with Crippen molar-refractivity contribution in [3.05, 3.63) is 70.8 Å². The van der Waals surface area contributed by atoms with E-state index >= 15 is 0 Å². The molecule has 0 aliphatic heterocycles. The molecule has 0 saturated heterocycles. The average molecular weight is 378 g/mol. The first-order valence-corrected chi connectivity index (χ1v) is 9.98. The lowest BCUT2D eigenvalue weighted by atomic mass is 9.54. The van der Waals surface area contributed by atoms with Crippen LogP contribution >= 0.6 is 0 Å². The second-order valence-electron chi connectivity index (χ2n) is 8.24. The summed E-state index contributed by atoms with van der Waals surface area (Å²) in [6.07, 6.45) is -0.472. The minimum Gasteiger partial charge on any atom is -0.463 e. The second-order valence-corrected chi connectivity index (χ2v) is 8.24. The number of hydrogen-bond acceptors (Lipinski definition) is 4. The number of carbonyl (C=O) groups is 2. The van der Waals surface area contributed by atoms with Gasteiger partial charge in [0.2, 0.25) is 0 Å². The Morgan fingerprint density at radius 2 is 0.929 bits per heavy atom. The van der Waals surface area contributed by atoms with Crippen molar-refractivity contribution in [2.75, 3.05) is 0 Å². The molecule has 4 heteroatoms. The third-order valence-corrected chi connectivity index (χ3v) is 5.69. The Morgan fingerprint density at radius 3 is 1.18 bits per heavy atom. The van der Waals surface area contributed by atoms with Gasteiger partial charge in [-0.05, 0) is 49.9 Å². The summed E-state index contributed by atoms with van der Waals surface area (Å²) < 4.78 is 11.2. The summed E-state index contributed by atoms with van der Waals surface area (Å²) in [5.41, 5.74) is 4.46. The van der Waals surface area contributed by atoms with Crippen LogP contribution in [0.2, 0.25) is 0 Å². The van der Waals surface area contributed by atoms with Crippen molar-refractivity contribution in [1.82, 2.24) is 0 Å². The number of carbonyl (C=O) groups excluding carboxylic acids is 2. The first-order chi connectivity index (χ1) is 13.4. The van der Waals surface area contributed by atoms with E-state index in [-0.39, 0.29) is 36.0 Å². The molecule has 4 nitrogen and oxygen atoms in total. The van der Waals surface area contributed by atoms with E-state index < -0.39 is 11.8 Å². The fraction of sp³-hybridized carbons (Fsp3) is 0.417. The first-order valence-electron chi connectivity index (χ1n) is 9.98. The number of ether oxygens (including phenoxy) is 2. The molecule has 2 aromatic carbocycles. The largest absolute Gasteiger partial charge is 0.463 e. The van der Waals surface area contributed by atoms with Gasteiger partial charge in [0.1, 0.15) is 0 Å². The van der Waals surface area contributed by atoms with E-state index in [0.29, 0.717) is 0 Å². The Morgan fingerprint density at radius 1 is 0.643 bits per heavy atom. The fourth-order valence-electron chi connectivity index (χ4n) is 4.87. The van der Waals surface area contributed by atoms with Crippen LogP contribution in [-0.2, 0) is 19.1 Å². The quantitative estimate of drug-likeness (QED) is 0.740. The molecule has 0 heterocycles. The van der Waals surface area contributed by atoms with Gasteiger partial charge in [-0.1, -0.05) is 48.5 Å². The maximum absolute atomic E-state index is 13.2. The minimum atomic E-state index is -0.580. The molecule has 2 bridgehead atoms. The summed E-state index contributed by atoms with van der Waals surface area (Å²) in [6.45, 7) is 7.34. The van der Waals surface area contributed by atoms with Gasteiger partial charge in [-0.2, -0.15) is 0 Å². The highest BCUT2D eigenvalue weighted by Gasteiger charge is 2.56. The van der Waals surface area contributed by atoms with Crippen molar-refractivity contribution in [2.45, 2.75) is 51.7 Å². The van der Waals surface area contributed by atoms with E-state index in [1.165, 1.54) is 0 Å². The predicted octanol–water partition coefficient (Wildman–Crippen LogP) is 4.41. The van der Waals surface area contributed by atoms with Crippen LogP contribution in [0.15, 0.2) is 48.5 Å². The molecule has 3 aliphatic carbocycles. The van der Waals surface area contributed by atoms with Gasteiger partial charge in [0.25, 0.3) is 0 Å². The number of fused-ring (bicyclic) bond motifs is 1. The molecule has 0 unspecified atom stereocenters. The molecule has 0 N–H and O–H groups in total. The fourth-order valence-corrected chi connectivity index (χ4v) is 4.87. The normalized spacial score (nSPS) is 24.6. The number of esters is 2. The summed E-state index contributed by atoms with van der Waals surface area (Å²) in [4.78, 5) is 26.4. The Kier molecular flexibility index (Phi) is 4.74. The molecule has 2 atom stereocenters. The Labute approximate surface area is 165 Å². The standard InChI is InChI=1S/C24H26O4/c1-13(2)27-23(25)21-19-15-9-5-7-11-17(15)20(18-12-8-6-10-16(18)19)22(21)24(26)28-14(3)4/h5-14,19-22H,1-4H3/t19?,20?,21-,22-/m1/s1. The molecule has 146 valence electrons. The van der Waals surface area contributed by atoms with E-state index in [1.807, 2.05) is 52.0 Å². The van der Waals surface area contributed by atoms with Crippen molar-refractivity contribution >= 4 is 11.9 Å². The second kappa shape index (κ2) is 7.08. The molecule has 0 amide bonds. The molecule has 3 aliphatic rings. The zero-order valence-electron chi connectivity index (χ0n) is 16.7. The highest BCUT2D eigenvalue weighted by atomic mass is 16.6. The van der Waals surface area contributed by atoms with Crippen molar-refractivity contribution < 1.29 is 19.1 Å². The van der Waals surface area contributed by atoms with Gasteiger partial charge >= 0.3 is 11.9 Å². The van der Waals surface area contributed by atoms with E-state index in [4.69, 9.17) is 9.47 Å². The summed E-state index contributed by atoms with van der Waals surface area (Å²) in [6, 6.07) is 16.3. The average Bonchev–Trinajstić information content (AvgIpc) is 2.66. The molecular weight excluding hydrogens is 352 g/mol. The maximum atomic E-state index is 13.2.